The minimum absolute atomic E-state index is 0.105. The van der Waals surface area contributed by atoms with E-state index in [4.69, 9.17) is 4.74 Å². The van der Waals surface area contributed by atoms with E-state index in [1.54, 1.807) is 0 Å². The van der Waals surface area contributed by atoms with Crippen molar-refractivity contribution in [3.05, 3.63) is 35.4 Å². The number of carbonyl (C=O) groups is 2. The molecule has 2 amide bonds. The van der Waals surface area contributed by atoms with Crippen LogP contribution in [0.15, 0.2) is 24.3 Å². The fourth-order valence-electron chi connectivity index (χ4n) is 3.30. The monoisotopic (exact) mass is 415 g/mol. The Morgan fingerprint density at radius 1 is 1.14 bits per heavy atom. The summed E-state index contributed by atoms with van der Waals surface area (Å²) in [5, 5.41) is 5.49. The third-order valence-corrected chi connectivity index (χ3v) is 4.89. The number of halogens is 3. The van der Waals surface area contributed by atoms with Crippen molar-refractivity contribution < 1.29 is 27.5 Å². The van der Waals surface area contributed by atoms with Crippen molar-refractivity contribution in [1.29, 1.82) is 0 Å². The Hall–Kier alpha value is -2.13. The zero-order valence-electron chi connectivity index (χ0n) is 16.9. The first-order valence-corrected chi connectivity index (χ1v) is 9.63. The van der Waals surface area contributed by atoms with Crippen LogP contribution < -0.4 is 10.6 Å². The largest absolute Gasteiger partial charge is 0.416 e. The fourth-order valence-corrected chi connectivity index (χ4v) is 3.30. The molecule has 0 radical (unpaired) electrons. The van der Waals surface area contributed by atoms with Crippen LogP contribution in [-0.4, -0.2) is 55.6 Å². The maximum Gasteiger partial charge on any atom is 0.416 e. The molecule has 0 bridgehead atoms. The maximum absolute atomic E-state index is 12.9. The van der Waals surface area contributed by atoms with Crippen LogP contribution in [0.2, 0.25) is 0 Å². The molecule has 2 N–H and O–H groups in total. The molecule has 0 spiro atoms. The van der Waals surface area contributed by atoms with E-state index in [2.05, 4.69) is 15.5 Å². The fraction of sp³-hybridized carbons (Fsp3) is 0.600. The van der Waals surface area contributed by atoms with Gasteiger partial charge in [-0.3, -0.25) is 14.5 Å². The van der Waals surface area contributed by atoms with Gasteiger partial charge in [-0.25, -0.2) is 0 Å². The standard InChI is InChI=1S/C20H28F3N3O3/c1-13(2)18(25-14(3)27)19(28)24-12-17(26-8-10-29-11-9-26)15-4-6-16(7-5-15)20(21,22)23/h4-7,13,17-18H,8-12H2,1-3H3,(H,24,28)(H,25,27). The molecule has 2 atom stereocenters. The van der Waals surface area contributed by atoms with Crippen LogP contribution in [0.1, 0.15) is 37.9 Å². The molecule has 0 aliphatic carbocycles. The summed E-state index contributed by atoms with van der Waals surface area (Å²) in [6.45, 7) is 7.48. The Morgan fingerprint density at radius 2 is 1.72 bits per heavy atom. The minimum Gasteiger partial charge on any atom is -0.379 e. The molecule has 1 aliphatic rings. The van der Waals surface area contributed by atoms with Crippen LogP contribution in [0.25, 0.3) is 0 Å². The Kier molecular flexibility index (Phi) is 8.04. The second-order valence-corrected chi connectivity index (χ2v) is 7.45. The molecule has 2 rings (SSSR count). The van der Waals surface area contributed by atoms with Crippen LogP contribution in [0, 0.1) is 5.92 Å². The number of ether oxygens (including phenoxy) is 1. The summed E-state index contributed by atoms with van der Waals surface area (Å²) in [6.07, 6.45) is -4.40. The van der Waals surface area contributed by atoms with Crippen LogP contribution in [0.3, 0.4) is 0 Å². The molecule has 1 aromatic carbocycles. The van der Waals surface area contributed by atoms with E-state index in [0.29, 0.717) is 31.9 Å². The van der Waals surface area contributed by atoms with E-state index < -0.39 is 17.8 Å². The number of amides is 2. The Bertz CT molecular complexity index is 686. The Morgan fingerprint density at radius 3 is 2.21 bits per heavy atom. The van der Waals surface area contributed by atoms with Gasteiger partial charge >= 0.3 is 6.18 Å². The predicted molar refractivity (Wildman–Crippen MR) is 102 cm³/mol. The number of hydrogen-bond donors (Lipinski definition) is 2. The lowest BCUT2D eigenvalue weighted by atomic mass is 10.0. The van der Waals surface area contributed by atoms with E-state index in [9.17, 15) is 22.8 Å². The summed E-state index contributed by atoms with van der Waals surface area (Å²) in [5.41, 5.74) is -0.0302. The maximum atomic E-state index is 12.9. The second kappa shape index (κ2) is 10.1. The quantitative estimate of drug-likeness (QED) is 0.717. The molecule has 0 saturated carbocycles. The molecule has 162 valence electrons. The molecule has 29 heavy (non-hydrogen) atoms. The summed E-state index contributed by atoms with van der Waals surface area (Å²) >= 11 is 0. The van der Waals surface area contributed by atoms with Crippen molar-refractivity contribution in [3.8, 4) is 0 Å². The van der Waals surface area contributed by atoms with Gasteiger partial charge in [0.1, 0.15) is 6.04 Å². The summed E-state index contributed by atoms with van der Waals surface area (Å²) in [5.74, 6) is -0.724. The van der Waals surface area contributed by atoms with Crippen LogP contribution in [0.4, 0.5) is 13.2 Å². The third-order valence-electron chi connectivity index (χ3n) is 4.89. The van der Waals surface area contributed by atoms with Gasteiger partial charge in [0.05, 0.1) is 24.8 Å². The van der Waals surface area contributed by atoms with Gasteiger partial charge in [0, 0.05) is 26.6 Å². The Labute approximate surface area is 168 Å². The molecular formula is C20H28F3N3O3. The highest BCUT2D eigenvalue weighted by molar-refractivity contribution is 5.87. The van der Waals surface area contributed by atoms with Crippen molar-refractivity contribution in [3.63, 3.8) is 0 Å². The van der Waals surface area contributed by atoms with Crippen molar-refractivity contribution >= 4 is 11.8 Å². The molecule has 1 heterocycles. The molecule has 1 fully saturated rings. The molecule has 9 heteroatoms. The van der Waals surface area contributed by atoms with Crippen LogP contribution >= 0.6 is 0 Å². The zero-order valence-corrected chi connectivity index (χ0v) is 16.9. The third kappa shape index (κ3) is 6.71. The molecule has 1 aromatic rings. The first-order chi connectivity index (χ1) is 13.6. The van der Waals surface area contributed by atoms with Gasteiger partial charge in [-0.2, -0.15) is 13.2 Å². The van der Waals surface area contributed by atoms with Gasteiger partial charge < -0.3 is 15.4 Å². The van der Waals surface area contributed by atoms with Crippen LogP contribution in [0.5, 0.6) is 0 Å². The topological polar surface area (TPSA) is 70.7 Å². The molecule has 1 aliphatic heterocycles. The zero-order chi connectivity index (χ0) is 21.6. The van der Waals surface area contributed by atoms with Gasteiger partial charge in [-0.05, 0) is 23.6 Å². The summed E-state index contributed by atoms with van der Waals surface area (Å²) < 4.78 is 44.0. The molecule has 1 saturated heterocycles. The van der Waals surface area contributed by atoms with Crippen molar-refractivity contribution in [2.75, 3.05) is 32.8 Å². The highest BCUT2D eigenvalue weighted by atomic mass is 19.4. The van der Waals surface area contributed by atoms with Gasteiger partial charge in [0.2, 0.25) is 11.8 Å². The first kappa shape index (κ1) is 23.2. The molecule has 2 unspecified atom stereocenters. The van der Waals surface area contributed by atoms with E-state index in [1.165, 1.54) is 19.1 Å². The van der Waals surface area contributed by atoms with Gasteiger partial charge in [-0.15, -0.1) is 0 Å². The van der Waals surface area contributed by atoms with Crippen molar-refractivity contribution in [2.24, 2.45) is 5.92 Å². The smallest absolute Gasteiger partial charge is 0.379 e. The SMILES string of the molecule is CC(=O)NC(C(=O)NCC(c1ccc(C(F)(F)F)cc1)N1CCOCC1)C(C)C. The molecule has 0 aromatic heterocycles. The highest BCUT2D eigenvalue weighted by Gasteiger charge is 2.31. The van der Waals surface area contributed by atoms with Crippen molar-refractivity contribution in [2.45, 2.75) is 39.0 Å². The lowest BCUT2D eigenvalue weighted by molar-refractivity contribution is -0.137. The Balaban J connectivity index is 2.16. The minimum atomic E-state index is -4.40. The molecular weight excluding hydrogens is 387 g/mol. The number of hydrogen-bond acceptors (Lipinski definition) is 4. The van der Waals surface area contributed by atoms with Gasteiger partial charge in [0.25, 0.3) is 0 Å². The van der Waals surface area contributed by atoms with Gasteiger partial charge in [0.15, 0.2) is 0 Å². The summed E-state index contributed by atoms with van der Waals surface area (Å²) in [7, 11) is 0. The van der Waals surface area contributed by atoms with Crippen LogP contribution in [-0.2, 0) is 20.5 Å². The highest BCUT2D eigenvalue weighted by Crippen LogP contribution is 2.31. The average molecular weight is 415 g/mol. The number of alkyl halides is 3. The number of morpholine rings is 1. The van der Waals surface area contributed by atoms with E-state index in [-0.39, 0.29) is 30.3 Å². The summed E-state index contributed by atoms with van der Waals surface area (Å²) in [4.78, 5) is 26.1. The lowest BCUT2D eigenvalue weighted by Crippen LogP contribution is -2.51. The van der Waals surface area contributed by atoms with E-state index in [1.807, 2.05) is 13.8 Å². The van der Waals surface area contributed by atoms with E-state index in [0.717, 1.165) is 12.1 Å². The van der Waals surface area contributed by atoms with E-state index >= 15 is 0 Å². The number of carbonyl (C=O) groups excluding carboxylic acids is 2. The summed E-state index contributed by atoms with van der Waals surface area (Å²) in [6, 6.07) is 4.03. The predicted octanol–water partition coefficient (Wildman–Crippen LogP) is 2.36. The number of rotatable bonds is 7. The second-order valence-electron chi connectivity index (χ2n) is 7.45. The normalized spacial score (nSPS) is 17.6. The molecule has 6 nitrogen and oxygen atoms in total. The average Bonchev–Trinajstić information content (AvgIpc) is 2.66. The lowest BCUT2D eigenvalue weighted by Gasteiger charge is -2.35. The number of nitrogens with one attached hydrogen (secondary N) is 2. The number of nitrogens with zero attached hydrogens (tertiary/aromatic N) is 1. The first-order valence-electron chi connectivity index (χ1n) is 9.63. The van der Waals surface area contributed by atoms with Crippen molar-refractivity contribution in [1.82, 2.24) is 15.5 Å². The van der Waals surface area contributed by atoms with Gasteiger partial charge in [-0.1, -0.05) is 26.0 Å². The number of benzene rings is 1.